The first kappa shape index (κ1) is 15.0. The van der Waals surface area contributed by atoms with E-state index < -0.39 is 0 Å². The van der Waals surface area contributed by atoms with E-state index in [0.29, 0.717) is 5.69 Å². The molecule has 21 heavy (non-hydrogen) atoms. The Hall–Kier alpha value is -2.43. The first-order valence-electron chi connectivity index (χ1n) is 6.90. The third-order valence-electron chi connectivity index (χ3n) is 3.25. The molecule has 1 heterocycles. The minimum atomic E-state index is -0.225. The Labute approximate surface area is 124 Å². The zero-order chi connectivity index (χ0) is 15.4. The van der Waals surface area contributed by atoms with Gasteiger partial charge >= 0.3 is 0 Å². The highest BCUT2D eigenvalue weighted by Crippen LogP contribution is 2.20. The Morgan fingerprint density at radius 2 is 1.95 bits per heavy atom. The van der Waals surface area contributed by atoms with Crippen molar-refractivity contribution in [2.45, 2.75) is 26.8 Å². The zero-order valence-electron chi connectivity index (χ0n) is 12.5. The Morgan fingerprint density at radius 3 is 2.62 bits per heavy atom. The fraction of sp³-hybridized carbons (Fsp3) is 0.312. The largest absolute Gasteiger partial charge is 0.331 e. The number of anilines is 1. The van der Waals surface area contributed by atoms with Crippen molar-refractivity contribution in [3.8, 4) is 0 Å². The molecule has 1 aromatic heterocycles. The summed E-state index contributed by atoms with van der Waals surface area (Å²) in [4.78, 5) is 29.5. The molecule has 5 heteroatoms. The summed E-state index contributed by atoms with van der Waals surface area (Å²) >= 11 is 0. The lowest BCUT2D eigenvalue weighted by molar-refractivity contribution is -0.134. The van der Waals surface area contributed by atoms with Gasteiger partial charge in [-0.1, -0.05) is 18.2 Å². The maximum absolute atomic E-state index is 12.1. The molecule has 0 bridgehead atoms. The normalized spacial score (nSPS) is 10.7. The van der Waals surface area contributed by atoms with E-state index in [2.05, 4.69) is 10.3 Å². The Morgan fingerprint density at radius 1 is 1.24 bits per heavy atom. The summed E-state index contributed by atoms with van der Waals surface area (Å²) in [7, 11) is 0. The summed E-state index contributed by atoms with van der Waals surface area (Å²) in [6.45, 7) is 5.27. The number of amides is 2. The monoisotopic (exact) mass is 285 g/mol. The van der Waals surface area contributed by atoms with E-state index >= 15 is 0 Å². The van der Waals surface area contributed by atoms with Crippen molar-refractivity contribution in [3.05, 3.63) is 36.5 Å². The Kier molecular flexibility index (Phi) is 4.52. The highest BCUT2D eigenvalue weighted by atomic mass is 16.2. The smallest absolute Gasteiger partial charge is 0.244 e. The van der Waals surface area contributed by atoms with Gasteiger partial charge in [-0.25, -0.2) is 0 Å². The van der Waals surface area contributed by atoms with Gasteiger partial charge in [0.25, 0.3) is 0 Å². The van der Waals surface area contributed by atoms with Crippen LogP contribution in [0.1, 0.15) is 20.8 Å². The summed E-state index contributed by atoms with van der Waals surface area (Å²) in [5, 5.41) is 3.79. The number of fused-ring (bicyclic) bond motifs is 1. The van der Waals surface area contributed by atoms with E-state index in [-0.39, 0.29) is 24.4 Å². The zero-order valence-corrected chi connectivity index (χ0v) is 12.5. The van der Waals surface area contributed by atoms with E-state index in [1.807, 2.05) is 38.1 Å². The molecule has 0 aliphatic heterocycles. The van der Waals surface area contributed by atoms with Crippen LogP contribution in [0.25, 0.3) is 10.9 Å². The predicted molar refractivity (Wildman–Crippen MR) is 82.9 cm³/mol. The SMILES string of the molecule is CC(=O)N(CC(=O)Nc1cccc2cccnc12)C(C)C. The maximum Gasteiger partial charge on any atom is 0.244 e. The van der Waals surface area contributed by atoms with E-state index in [1.54, 1.807) is 12.3 Å². The van der Waals surface area contributed by atoms with Gasteiger partial charge in [-0.15, -0.1) is 0 Å². The van der Waals surface area contributed by atoms with Crippen molar-refractivity contribution in [2.24, 2.45) is 0 Å². The van der Waals surface area contributed by atoms with Gasteiger partial charge in [0.05, 0.1) is 11.2 Å². The van der Waals surface area contributed by atoms with Crippen molar-refractivity contribution in [3.63, 3.8) is 0 Å². The number of nitrogens with zero attached hydrogens (tertiary/aromatic N) is 2. The number of aromatic nitrogens is 1. The number of rotatable bonds is 4. The number of hydrogen-bond acceptors (Lipinski definition) is 3. The molecule has 2 aromatic rings. The minimum absolute atomic E-state index is 0.0149. The molecule has 0 atom stereocenters. The molecule has 110 valence electrons. The molecule has 0 aliphatic rings. The van der Waals surface area contributed by atoms with Crippen molar-refractivity contribution < 1.29 is 9.59 Å². The van der Waals surface area contributed by atoms with Crippen molar-refractivity contribution >= 4 is 28.4 Å². The van der Waals surface area contributed by atoms with Gasteiger partial charge in [-0.3, -0.25) is 14.6 Å². The number of pyridine rings is 1. The summed E-state index contributed by atoms with van der Waals surface area (Å²) in [5.74, 6) is -0.340. The van der Waals surface area contributed by atoms with Gasteiger partial charge in [0.2, 0.25) is 11.8 Å². The van der Waals surface area contributed by atoms with Gasteiger partial charge in [-0.05, 0) is 26.0 Å². The molecule has 0 radical (unpaired) electrons. The Bertz CT molecular complexity index is 662. The fourth-order valence-electron chi connectivity index (χ4n) is 2.21. The summed E-state index contributed by atoms with van der Waals surface area (Å²) in [6, 6.07) is 9.39. The highest BCUT2D eigenvalue weighted by molar-refractivity contribution is 6.01. The van der Waals surface area contributed by atoms with Gasteiger partial charge < -0.3 is 10.2 Å². The molecule has 0 saturated carbocycles. The molecule has 0 unspecified atom stereocenters. The number of benzene rings is 1. The topological polar surface area (TPSA) is 62.3 Å². The predicted octanol–water partition coefficient (Wildman–Crippen LogP) is 2.43. The van der Waals surface area contributed by atoms with E-state index in [1.165, 1.54) is 11.8 Å². The van der Waals surface area contributed by atoms with Crippen LogP contribution in [0.5, 0.6) is 0 Å². The summed E-state index contributed by atoms with van der Waals surface area (Å²) < 4.78 is 0. The van der Waals surface area contributed by atoms with Crippen LogP contribution < -0.4 is 5.32 Å². The maximum atomic E-state index is 12.1. The van der Waals surface area contributed by atoms with Crippen molar-refractivity contribution in [2.75, 3.05) is 11.9 Å². The average molecular weight is 285 g/mol. The summed E-state index contributed by atoms with van der Waals surface area (Å²) in [6.07, 6.45) is 1.69. The lowest BCUT2D eigenvalue weighted by atomic mass is 10.2. The molecule has 2 rings (SSSR count). The number of carbonyl (C=O) groups is 2. The first-order chi connectivity index (χ1) is 9.99. The van der Waals surface area contributed by atoms with Crippen LogP contribution in [0, 0.1) is 0 Å². The lowest BCUT2D eigenvalue weighted by Gasteiger charge is -2.24. The van der Waals surface area contributed by atoms with Crippen LogP contribution >= 0.6 is 0 Å². The third kappa shape index (κ3) is 3.56. The first-order valence-corrected chi connectivity index (χ1v) is 6.90. The van der Waals surface area contributed by atoms with Crippen molar-refractivity contribution in [1.82, 2.24) is 9.88 Å². The molecule has 0 fully saturated rings. The standard InChI is InChI=1S/C16H19N3O2/c1-11(2)19(12(3)20)10-15(21)18-14-8-4-6-13-7-5-9-17-16(13)14/h4-9,11H,10H2,1-3H3,(H,18,21). The quantitative estimate of drug-likeness (QED) is 0.938. The number of hydrogen-bond donors (Lipinski definition) is 1. The molecule has 2 amide bonds. The van der Waals surface area contributed by atoms with Crippen LogP contribution in [-0.2, 0) is 9.59 Å². The second kappa shape index (κ2) is 6.35. The van der Waals surface area contributed by atoms with Gasteiger partial charge in [0, 0.05) is 24.5 Å². The van der Waals surface area contributed by atoms with Crippen LogP contribution in [0.3, 0.4) is 0 Å². The number of nitrogens with one attached hydrogen (secondary N) is 1. The number of carbonyl (C=O) groups excluding carboxylic acids is 2. The molecular formula is C16H19N3O2. The van der Waals surface area contributed by atoms with E-state index in [4.69, 9.17) is 0 Å². The molecule has 0 saturated heterocycles. The second-order valence-electron chi connectivity index (χ2n) is 5.17. The van der Waals surface area contributed by atoms with Gasteiger partial charge in [0.15, 0.2) is 0 Å². The van der Waals surface area contributed by atoms with Gasteiger partial charge in [0.1, 0.15) is 6.54 Å². The Balaban J connectivity index is 2.17. The van der Waals surface area contributed by atoms with Crippen LogP contribution in [0.2, 0.25) is 0 Å². The molecule has 1 aromatic carbocycles. The van der Waals surface area contributed by atoms with Crippen molar-refractivity contribution in [1.29, 1.82) is 0 Å². The molecule has 1 N–H and O–H groups in total. The molecule has 5 nitrogen and oxygen atoms in total. The highest BCUT2D eigenvalue weighted by Gasteiger charge is 2.17. The second-order valence-corrected chi connectivity index (χ2v) is 5.17. The van der Waals surface area contributed by atoms with E-state index in [9.17, 15) is 9.59 Å². The molecule has 0 aliphatic carbocycles. The molecule has 0 spiro atoms. The van der Waals surface area contributed by atoms with Crippen LogP contribution in [-0.4, -0.2) is 34.3 Å². The third-order valence-corrected chi connectivity index (χ3v) is 3.25. The fourth-order valence-corrected chi connectivity index (χ4v) is 2.21. The summed E-state index contributed by atoms with van der Waals surface area (Å²) in [5.41, 5.74) is 1.40. The van der Waals surface area contributed by atoms with Crippen LogP contribution in [0.4, 0.5) is 5.69 Å². The minimum Gasteiger partial charge on any atom is -0.331 e. The number of para-hydroxylation sites is 1. The van der Waals surface area contributed by atoms with Crippen LogP contribution in [0.15, 0.2) is 36.5 Å². The van der Waals surface area contributed by atoms with Gasteiger partial charge in [-0.2, -0.15) is 0 Å². The average Bonchev–Trinajstić information content (AvgIpc) is 2.44. The molecular weight excluding hydrogens is 266 g/mol. The lowest BCUT2D eigenvalue weighted by Crippen LogP contribution is -2.41. The van der Waals surface area contributed by atoms with E-state index in [0.717, 1.165) is 10.9 Å².